The highest BCUT2D eigenvalue weighted by Gasteiger charge is 2.08. The molecule has 0 saturated heterocycles. The fourth-order valence-electron chi connectivity index (χ4n) is 2.37. The highest BCUT2D eigenvalue weighted by atomic mass is 32.2. The van der Waals surface area contributed by atoms with Gasteiger partial charge in [0.15, 0.2) is 0 Å². The molecule has 0 amide bonds. The molecule has 19 heavy (non-hydrogen) atoms. The Morgan fingerprint density at radius 1 is 0.842 bits per heavy atom. The Bertz CT molecular complexity index is 171. The van der Waals surface area contributed by atoms with Crippen LogP contribution in [0.4, 0.5) is 0 Å². The summed E-state index contributed by atoms with van der Waals surface area (Å²) in [5.41, 5.74) is 0. The van der Waals surface area contributed by atoms with Crippen LogP contribution in [0.2, 0.25) is 0 Å². The summed E-state index contributed by atoms with van der Waals surface area (Å²) in [6.45, 7) is 10.2. The maximum atomic E-state index is 3.64. The van der Waals surface area contributed by atoms with Gasteiger partial charge < -0.3 is 5.32 Å². The summed E-state index contributed by atoms with van der Waals surface area (Å²) in [6, 6.07) is 0.734. The molecule has 1 nitrogen and oxygen atoms in total. The van der Waals surface area contributed by atoms with E-state index in [2.05, 4.69) is 44.8 Å². The standard InChI is InChI=1S/C17H37NS/c1-5-7-8-9-10-11-12-13-14-17(18-6-2)15-19-16(3)4/h16-18H,5-15H2,1-4H3. The van der Waals surface area contributed by atoms with Crippen LogP contribution in [0.25, 0.3) is 0 Å². The Balaban J connectivity index is 3.42. The lowest BCUT2D eigenvalue weighted by atomic mass is 10.1. The van der Waals surface area contributed by atoms with E-state index in [-0.39, 0.29) is 0 Å². The van der Waals surface area contributed by atoms with Crippen LogP contribution < -0.4 is 5.32 Å². The predicted molar refractivity (Wildman–Crippen MR) is 92.3 cm³/mol. The lowest BCUT2D eigenvalue weighted by Gasteiger charge is -2.18. The van der Waals surface area contributed by atoms with Gasteiger partial charge in [-0.15, -0.1) is 0 Å². The normalized spacial score (nSPS) is 13.1. The third-order valence-corrected chi connectivity index (χ3v) is 4.79. The Labute approximate surface area is 126 Å². The van der Waals surface area contributed by atoms with Crippen molar-refractivity contribution in [3.63, 3.8) is 0 Å². The first-order valence-corrected chi connectivity index (χ1v) is 9.60. The third-order valence-electron chi connectivity index (χ3n) is 3.53. The number of hydrogen-bond donors (Lipinski definition) is 1. The average Bonchev–Trinajstić information content (AvgIpc) is 2.38. The van der Waals surface area contributed by atoms with Crippen LogP contribution in [0.3, 0.4) is 0 Å². The molecular weight excluding hydrogens is 250 g/mol. The second-order valence-electron chi connectivity index (χ2n) is 5.90. The number of unbranched alkanes of at least 4 members (excludes halogenated alkanes) is 7. The van der Waals surface area contributed by atoms with Gasteiger partial charge in [0.05, 0.1) is 0 Å². The summed E-state index contributed by atoms with van der Waals surface area (Å²) in [5, 5.41) is 4.40. The minimum Gasteiger partial charge on any atom is -0.313 e. The van der Waals surface area contributed by atoms with Crippen LogP contribution in [0, 0.1) is 0 Å². The zero-order valence-electron chi connectivity index (χ0n) is 13.8. The summed E-state index contributed by atoms with van der Waals surface area (Å²) in [4.78, 5) is 0. The van der Waals surface area contributed by atoms with Gasteiger partial charge in [0.2, 0.25) is 0 Å². The molecule has 0 bridgehead atoms. The van der Waals surface area contributed by atoms with Gasteiger partial charge >= 0.3 is 0 Å². The van der Waals surface area contributed by atoms with Crippen molar-refractivity contribution < 1.29 is 0 Å². The van der Waals surface area contributed by atoms with Crippen molar-refractivity contribution in [3.8, 4) is 0 Å². The van der Waals surface area contributed by atoms with Gasteiger partial charge in [-0.2, -0.15) is 11.8 Å². The van der Waals surface area contributed by atoms with Crippen LogP contribution in [0.5, 0.6) is 0 Å². The number of nitrogens with one attached hydrogen (secondary N) is 1. The molecule has 0 aliphatic heterocycles. The molecule has 0 aromatic rings. The van der Waals surface area contributed by atoms with Crippen molar-refractivity contribution in [1.82, 2.24) is 5.32 Å². The molecule has 0 heterocycles. The zero-order valence-corrected chi connectivity index (χ0v) is 14.7. The molecule has 0 aromatic heterocycles. The molecule has 0 aliphatic rings. The lowest BCUT2D eigenvalue weighted by Crippen LogP contribution is -2.31. The molecule has 1 atom stereocenters. The lowest BCUT2D eigenvalue weighted by molar-refractivity contribution is 0.491. The van der Waals surface area contributed by atoms with Crippen molar-refractivity contribution in [1.29, 1.82) is 0 Å². The van der Waals surface area contributed by atoms with Crippen molar-refractivity contribution >= 4 is 11.8 Å². The summed E-state index contributed by atoms with van der Waals surface area (Å²) < 4.78 is 0. The molecule has 0 spiro atoms. The topological polar surface area (TPSA) is 12.0 Å². The van der Waals surface area contributed by atoms with Gasteiger partial charge in [0, 0.05) is 11.8 Å². The second-order valence-corrected chi connectivity index (χ2v) is 7.51. The summed E-state index contributed by atoms with van der Waals surface area (Å²) in [7, 11) is 0. The molecule has 0 saturated carbocycles. The fourth-order valence-corrected chi connectivity index (χ4v) is 3.27. The molecule has 0 aromatic carbocycles. The van der Waals surface area contributed by atoms with Gasteiger partial charge in [-0.3, -0.25) is 0 Å². The molecule has 0 fully saturated rings. The van der Waals surface area contributed by atoms with E-state index in [1.54, 1.807) is 0 Å². The Morgan fingerprint density at radius 3 is 1.95 bits per heavy atom. The Kier molecular flexibility index (Phi) is 15.0. The fraction of sp³-hybridized carbons (Fsp3) is 1.00. The van der Waals surface area contributed by atoms with E-state index in [1.807, 2.05) is 0 Å². The van der Waals surface area contributed by atoms with Crippen LogP contribution in [0.15, 0.2) is 0 Å². The van der Waals surface area contributed by atoms with Crippen LogP contribution >= 0.6 is 11.8 Å². The highest BCUT2D eigenvalue weighted by Crippen LogP contribution is 2.15. The number of rotatable bonds is 14. The van der Waals surface area contributed by atoms with Crippen molar-refractivity contribution in [2.45, 2.75) is 96.8 Å². The molecular formula is C17H37NS. The van der Waals surface area contributed by atoms with Crippen molar-refractivity contribution in [2.75, 3.05) is 12.3 Å². The monoisotopic (exact) mass is 287 g/mol. The minimum absolute atomic E-state index is 0.734. The SMILES string of the molecule is CCCCCCCCCCC(CSC(C)C)NCC. The van der Waals surface area contributed by atoms with E-state index in [4.69, 9.17) is 0 Å². The molecule has 1 N–H and O–H groups in total. The predicted octanol–water partition coefficient (Wildman–Crippen LogP) is 5.64. The van der Waals surface area contributed by atoms with Crippen LogP contribution in [0.1, 0.15) is 85.5 Å². The van der Waals surface area contributed by atoms with Gasteiger partial charge in [0.25, 0.3) is 0 Å². The molecule has 0 radical (unpaired) electrons. The Morgan fingerprint density at radius 2 is 1.42 bits per heavy atom. The molecule has 0 rings (SSSR count). The van der Waals surface area contributed by atoms with E-state index in [9.17, 15) is 0 Å². The highest BCUT2D eigenvalue weighted by molar-refractivity contribution is 7.99. The van der Waals surface area contributed by atoms with E-state index < -0.39 is 0 Å². The molecule has 2 heteroatoms. The largest absolute Gasteiger partial charge is 0.313 e. The van der Waals surface area contributed by atoms with Gasteiger partial charge in [-0.05, 0) is 18.2 Å². The summed E-state index contributed by atoms with van der Waals surface area (Å²) in [6.07, 6.45) is 12.8. The molecule has 0 aliphatic carbocycles. The van der Waals surface area contributed by atoms with Gasteiger partial charge in [0.1, 0.15) is 0 Å². The number of hydrogen-bond acceptors (Lipinski definition) is 2. The summed E-state index contributed by atoms with van der Waals surface area (Å²) >= 11 is 2.09. The maximum Gasteiger partial charge on any atom is 0.0158 e. The van der Waals surface area contributed by atoms with Crippen molar-refractivity contribution in [2.24, 2.45) is 0 Å². The minimum atomic E-state index is 0.734. The van der Waals surface area contributed by atoms with E-state index in [0.717, 1.165) is 17.8 Å². The molecule has 1 unspecified atom stereocenters. The third kappa shape index (κ3) is 14.5. The quantitative estimate of drug-likeness (QED) is 0.415. The smallest absolute Gasteiger partial charge is 0.0158 e. The zero-order chi connectivity index (χ0) is 14.3. The number of thioether (sulfide) groups is 1. The first-order chi connectivity index (χ1) is 9.20. The first-order valence-electron chi connectivity index (χ1n) is 8.55. The maximum absolute atomic E-state index is 3.64. The van der Waals surface area contributed by atoms with E-state index in [1.165, 1.54) is 63.5 Å². The van der Waals surface area contributed by atoms with Gasteiger partial charge in [-0.1, -0.05) is 79.1 Å². The van der Waals surface area contributed by atoms with Crippen molar-refractivity contribution in [3.05, 3.63) is 0 Å². The van der Waals surface area contributed by atoms with Crippen LogP contribution in [-0.4, -0.2) is 23.6 Å². The van der Waals surface area contributed by atoms with E-state index >= 15 is 0 Å². The first kappa shape index (κ1) is 19.3. The molecule has 116 valence electrons. The van der Waals surface area contributed by atoms with Gasteiger partial charge in [-0.25, -0.2) is 0 Å². The average molecular weight is 288 g/mol. The van der Waals surface area contributed by atoms with E-state index in [0.29, 0.717) is 0 Å². The Hall–Kier alpha value is 0.310. The summed E-state index contributed by atoms with van der Waals surface area (Å²) in [5.74, 6) is 1.28. The second kappa shape index (κ2) is 14.7. The van der Waals surface area contributed by atoms with Crippen LogP contribution in [-0.2, 0) is 0 Å².